The number of hydrogen-bond donors (Lipinski definition) is 2. The van der Waals surface area contributed by atoms with Crippen LogP contribution in [0.3, 0.4) is 0 Å². The summed E-state index contributed by atoms with van der Waals surface area (Å²) in [7, 11) is -3.58. The predicted octanol–water partition coefficient (Wildman–Crippen LogP) is 5.66. The number of carbonyl (C=O) groups is 1. The highest BCUT2D eigenvalue weighted by Crippen LogP contribution is 2.41. The molecule has 0 unspecified atom stereocenters. The molecule has 16 nitrogen and oxygen atoms in total. The van der Waals surface area contributed by atoms with Crippen LogP contribution in [0, 0.1) is 3.57 Å². The summed E-state index contributed by atoms with van der Waals surface area (Å²) >= 11 is 2.00. The Hall–Kier alpha value is -4.99. The van der Waals surface area contributed by atoms with Gasteiger partial charge < -0.3 is 24.3 Å². The molecule has 5 aromatic rings. The van der Waals surface area contributed by atoms with E-state index in [1.165, 1.54) is 36.2 Å². The van der Waals surface area contributed by atoms with Gasteiger partial charge >= 0.3 is 6.09 Å². The highest BCUT2D eigenvalue weighted by atomic mass is 127. The number of thiol groups is 1. The molecule has 310 valence electrons. The maximum Gasteiger partial charge on any atom is 0.407 e. The average Bonchev–Trinajstić information content (AvgIpc) is 3.64. The number of sulfonamides is 1. The van der Waals surface area contributed by atoms with Crippen LogP contribution in [0.4, 0.5) is 10.5 Å². The summed E-state index contributed by atoms with van der Waals surface area (Å²) in [5.74, 6) is 1.89. The lowest BCUT2D eigenvalue weighted by atomic mass is 10.1. The molecular formula is C39H46IN7O9S2. The van der Waals surface area contributed by atoms with Gasteiger partial charge in [-0.25, -0.2) is 26.3 Å². The van der Waals surface area contributed by atoms with Crippen molar-refractivity contribution in [3.8, 4) is 28.6 Å². The summed E-state index contributed by atoms with van der Waals surface area (Å²) in [4.78, 5) is 12.3. The molecule has 1 aromatic heterocycles. The Morgan fingerprint density at radius 1 is 0.828 bits per heavy atom. The number of hydrogen-bond acceptors (Lipinski definition) is 12. The van der Waals surface area contributed by atoms with E-state index in [2.05, 4.69) is 20.8 Å². The van der Waals surface area contributed by atoms with E-state index in [0.29, 0.717) is 31.9 Å². The fraction of sp³-hybridized carbons (Fsp3) is 0.333. The van der Waals surface area contributed by atoms with Gasteiger partial charge in [0.25, 0.3) is 0 Å². The first-order valence-electron chi connectivity index (χ1n) is 17.9. The Labute approximate surface area is 353 Å². The minimum Gasteiger partial charge on any atom is -0.497 e. The fourth-order valence-electron chi connectivity index (χ4n) is 5.91. The van der Waals surface area contributed by atoms with E-state index in [0.717, 1.165) is 9.87 Å². The Morgan fingerprint density at radius 3 is 1.79 bits per heavy atom. The number of carbonyl (C=O) groups excluding carboxylic acids is 1. The summed E-state index contributed by atoms with van der Waals surface area (Å²) in [6.07, 6.45) is -0.764. The quantitative estimate of drug-likeness (QED) is 0.0864. The van der Waals surface area contributed by atoms with Gasteiger partial charge in [0.05, 0.1) is 45.2 Å². The normalized spacial score (nSPS) is 12.3. The van der Waals surface area contributed by atoms with E-state index < -0.39 is 45.2 Å². The second-order valence-electron chi connectivity index (χ2n) is 14.2. The molecule has 0 bridgehead atoms. The lowest BCUT2D eigenvalue weighted by molar-refractivity contribution is 0.133. The van der Waals surface area contributed by atoms with Crippen LogP contribution < -0.4 is 23.8 Å². The molecular weight excluding hydrogens is 902 g/mol. The number of methoxy groups -OCH3 is 3. The lowest BCUT2D eigenvalue weighted by Gasteiger charge is -2.31. The number of rotatable bonds is 17. The molecule has 0 radical (unpaired) electrons. The van der Waals surface area contributed by atoms with Gasteiger partial charge in [-0.2, -0.15) is 4.31 Å². The molecule has 19 heteroatoms. The van der Waals surface area contributed by atoms with Crippen molar-refractivity contribution in [2.24, 2.45) is 0 Å². The Morgan fingerprint density at radius 2 is 1.33 bits per heavy atom. The fourth-order valence-corrected chi connectivity index (χ4v) is 9.37. The largest absolute Gasteiger partial charge is 0.497 e. The molecule has 1 heterocycles. The zero-order chi connectivity index (χ0) is 42.2. The predicted molar refractivity (Wildman–Crippen MR) is 227 cm³/mol. The molecule has 0 saturated heterocycles. The van der Waals surface area contributed by atoms with E-state index in [4.69, 9.17) is 18.9 Å². The van der Waals surface area contributed by atoms with Crippen LogP contribution in [0.1, 0.15) is 44.4 Å². The number of nitrogens with one attached hydrogen (secondary N) is 1. The molecule has 4 aromatic carbocycles. The van der Waals surface area contributed by atoms with Crippen LogP contribution in [0.25, 0.3) is 11.4 Å². The minimum absolute atomic E-state index is 0.0732. The molecule has 1 atom stereocenters. The van der Waals surface area contributed by atoms with Gasteiger partial charge in [0.2, 0.25) is 20.9 Å². The van der Waals surface area contributed by atoms with Gasteiger partial charge in [-0.05, 0) is 126 Å². The van der Waals surface area contributed by atoms with E-state index in [9.17, 15) is 13.2 Å². The molecule has 1 amide bonds. The highest BCUT2D eigenvalue weighted by molar-refractivity contribution is 14.1. The standard InChI is InChI=1S/C39H46IN7O9S2/c1-26(25-56-38(48)41-39(2,3)4)47(57(49)50)34-21-20-33(40)35(37-42-43-44-46(37)24-29-12-18-32(55-7)19-13-29)36(34)58(51,52)45(22-27-8-14-30(53-5)15-9-27)23-28-10-16-31(54-6)17-11-28/h8-21,26,57H,22-25H2,1-7H3,(H,41,48)/t26-/m0/s1. The van der Waals surface area contributed by atoms with Crippen molar-refractivity contribution in [1.82, 2.24) is 29.8 Å². The Bertz CT molecular complexity index is 2310. The van der Waals surface area contributed by atoms with Gasteiger partial charge in [-0.15, -0.1) is 5.10 Å². The number of nitrogens with zero attached hydrogens (tertiary/aromatic N) is 6. The van der Waals surface area contributed by atoms with Crippen molar-refractivity contribution in [3.63, 3.8) is 0 Å². The molecule has 58 heavy (non-hydrogen) atoms. The number of tetrazole rings is 1. The van der Waals surface area contributed by atoms with Crippen molar-refractivity contribution in [2.45, 2.75) is 63.8 Å². The topological polar surface area (TPSA) is 184 Å². The van der Waals surface area contributed by atoms with Crippen molar-refractivity contribution >= 4 is 55.3 Å². The molecule has 5 rings (SSSR count). The molecule has 0 spiro atoms. The van der Waals surface area contributed by atoms with Gasteiger partial charge in [0.1, 0.15) is 28.8 Å². The zero-order valence-electron chi connectivity index (χ0n) is 33.1. The summed E-state index contributed by atoms with van der Waals surface area (Å²) in [5.41, 5.74) is 1.32. The van der Waals surface area contributed by atoms with E-state index >= 15 is 8.42 Å². The maximum atomic E-state index is 15.7. The maximum absolute atomic E-state index is 15.7. The summed E-state index contributed by atoms with van der Waals surface area (Å²) in [5, 5.41) is 15.2. The molecule has 0 aliphatic carbocycles. The summed E-state index contributed by atoms with van der Waals surface area (Å²) in [6.45, 7) is 6.34. The van der Waals surface area contributed by atoms with Crippen LogP contribution in [-0.2, 0) is 45.3 Å². The zero-order valence-corrected chi connectivity index (χ0v) is 36.9. The van der Waals surface area contributed by atoms with Crippen LogP contribution in [0.2, 0.25) is 0 Å². The highest BCUT2D eigenvalue weighted by Gasteiger charge is 2.37. The molecule has 0 aliphatic heterocycles. The first-order chi connectivity index (χ1) is 27.5. The van der Waals surface area contributed by atoms with Crippen LogP contribution >= 0.6 is 22.6 Å². The second kappa shape index (κ2) is 19.2. The van der Waals surface area contributed by atoms with Crippen molar-refractivity contribution in [3.05, 3.63) is 105 Å². The molecule has 0 saturated carbocycles. The number of amides is 1. The van der Waals surface area contributed by atoms with Crippen molar-refractivity contribution in [2.75, 3.05) is 32.2 Å². The first kappa shape index (κ1) is 44.1. The number of alkyl carbamates (subject to hydrolysis) is 1. The third-order valence-corrected chi connectivity index (χ3v) is 12.5. The van der Waals surface area contributed by atoms with Gasteiger partial charge in [0.15, 0.2) is 5.82 Å². The van der Waals surface area contributed by atoms with Gasteiger partial charge in [-0.1, -0.05) is 36.4 Å². The molecule has 0 aliphatic rings. The van der Waals surface area contributed by atoms with Crippen molar-refractivity contribution < 1.29 is 40.6 Å². The third-order valence-electron chi connectivity index (χ3n) is 8.74. The number of ether oxygens (including phenoxy) is 4. The minimum atomic E-state index is -4.69. The average molecular weight is 948 g/mol. The van der Waals surface area contributed by atoms with Gasteiger partial charge in [-0.3, -0.25) is 4.31 Å². The van der Waals surface area contributed by atoms with E-state index in [-0.39, 0.29) is 41.6 Å². The summed E-state index contributed by atoms with van der Waals surface area (Å²) in [6, 6.07) is 23.1. The van der Waals surface area contributed by atoms with Crippen LogP contribution in [0.15, 0.2) is 89.8 Å². The molecule has 0 fully saturated rings. The Balaban J connectivity index is 1.72. The summed E-state index contributed by atoms with van der Waals surface area (Å²) < 4.78 is 83.4. The second-order valence-corrected chi connectivity index (χ2v) is 18.1. The number of benzene rings is 4. The Kier molecular flexibility index (Phi) is 14.6. The number of aromatic nitrogens is 4. The van der Waals surface area contributed by atoms with Crippen molar-refractivity contribution in [1.29, 1.82) is 0 Å². The van der Waals surface area contributed by atoms with Crippen LogP contribution in [0.5, 0.6) is 17.2 Å². The number of halogens is 1. The van der Waals surface area contributed by atoms with E-state index in [1.807, 2.05) is 34.7 Å². The lowest BCUT2D eigenvalue weighted by Crippen LogP contribution is -2.43. The third kappa shape index (κ3) is 10.9. The SMILES string of the molecule is COc1ccc(CN(Cc2ccc(OC)cc2)S(=O)(=O)c2c(N([C@@H](C)COC(=O)NC(C)(C)C)[SH](=O)=O)ccc(I)c2-c2nnnn2Cc2ccc(OC)cc2)cc1. The van der Waals surface area contributed by atoms with E-state index in [1.54, 1.807) is 94.6 Å². The first-order valence-corrected chi connectivity index (χ1v) is 21.6. The number of anilines is 1. The monoisotopic (exact) mass is 947 g/mol. The smallest absolute Gasteiger partial charge is 0.407 e. The van der Waals surface area contributed by atoms with Crippen LogP contribution in [-0.4, -0.2) is 87.0 Å². The molecule has 1 N–H and O–H groups in total. The van der Waals surface area contributed by atoms with Gasteiger partial charge in [0, 0.05) is 22.2 Å².